The first kappa shape index (κ1) is 13.9. The third kappa shape index (κ3) is 4.04. The minimum atomic E-state index is -0.218. The summed E-state index contributed by atoms with van der Waals surface area (Å²) >= 11 is 8.95. The van der Waals surface area contributed by atoms with E-state index in [0.29, 0.717) is 22.9 Å². The average Bonchev–Trinajstić information content (AvgIpc) is 2.29. The van der Waals surface area contributed by atoms with Crippen LogP contribution in [0.15, 0.2) is 22.7 Å². The molecule has 1 N–H and O–H groups in total. The number of benzene rings is 1. The Hall–Kier alpha value is -0.120. The summed E-state index contributed by atoms with van der Waals surface area (Å²) in [7, 11) is 0. The van der Waals surface area contributed by atoms with Crippen LogP contribution in [0.5, 0.6) is 0 Å². The van der Waals surface area contributed by atoms with Crippen molar-refractivity contribution in [3.8, 4) is 0 Å². The molecule has 1 aromatic carbocycles. The van der Waals surface area contributed by atoms with Gasteiger partial charge in [-0.25, -0.2) is 4.39 Å². The summed E-state index contributed by atoms with van der Waals surface area (Å²) in [6, 6.07) is 5.48. The zero-order chi connectivity index (χ0) is 12.0. The quantitative estimate of drug-likeness (QED) is 0.781. The normalized spacial score (nSPS) is 12.8. The molecule has 0 amide bonds. The molecule has 0 aliphatic heterocycles. The molecule has 0 bridgehead atoms. The number of hydrogen-bond donors (Lipinski definition) is 1. The van der Waals surface area contributed by atoms with Crippen molar-refractivity contribution in [1.29, 1.82) is 0 Å². The first-order valence-electron chi connectivity index (χ1n) is 5.41. The maximum Gasteiger partial charge on any atom is 0.137 e. The van der Waals surface area contributed by atoms with Gasteiger partial charge in [0.05, 0.1) is 4.47 Å². The summed E-state index contributed by atoms with van der Waals surface area (Å²) in [6.07, 6.45) is 1.96. The second-order valence-corrected chi connectivity index (χ2v) is 4.85. The van der Waals surface area contributed by atoms with Crippen molar-refractivity contribution in [2.45, 2.75) is 32.4 Å². The van der Waals surface area contributed by atoms with E-state index in [1.165, 1.54) is 6.07 Å². The highest BCUT2D eigenvalue weighted by molar-refractivity contribution is 9.10. The molecular weight excluding hydrogens is 292 g/mol. The van der Waals surface area contributed by atoms with Crippen LogP contribution in [0.1, 0.15) is 25.3 Å². The first-order valence-corrected chi connectivity index (χ1v) is 6.74. The molecule has 0 aliphatic rings. The molecule has 4 heteroatoms. The van der Waals surface area contributed by atoms with Gasteiger partial charge in [0.1, 0.15) is 5.82 Å². The summed E-state index contributed by atoms with van der Waals surface area (Å²) in [5, 5.41) is 3.37. The van der Waals surface area contributed by atoms with Crippen molar-refractivity contribution in [2.24, 2.45) is 0 Å². The van der Waals surface area contributed by atoms with Gasteiger partial charge in [0.15, 0.2) is 0 Å². The lowest BCUT2D eigenvalue weighted by atomic mass is 10.1. The Balaban J connectivity index is 2.56. The second kappa shape index (κ2) is 7.25. The molecule has 1 nitrogen and oxygen atoms in total. The number of alkyl halides is 1. The fourth-order valence-corrected chi connectivity index (χ4v) is 2.19. The topological polar surface area (TPSA) is 12.0 Å². The number of hydrogen-bond acceptors (Lipinski definition) is 1. The molecule has 0 saturated heterocycles. The van der Waals surface area contributed by atoms with Crippen molar-refractivity contribution < 1.29 is 4.39 Å². The molecule has 1 aromatic rings. The maximum absolute atomic E-state index is 13.2. The minimum Gasteiger partial charge on any atom is -0.310 e. The van der Waals surface area contributed by atoms with Crippen LogP contribution in [0.3, 0.4) is 0 Å². The van der Waals surface area contributed by atoms with Gasteiger partial charge in [0.2, 0.25) is 0 Å². The third-order valence-electron chi connectivity index (χ3n) is 2.56. The Morgan fingerprint density at radius 2 is 2.25 bits per heavy atom. The highest BCUT2D eigenvalue weighted by Crippen LogP contribution is 2.20. The van der Waals surface area contributed by atoms with Gasteiger partial charge in [-0.1, -0.05) is 19.1 Å². The molecule has 0 heterocycles. The van der Waals surface area contributed by atoms with Crippen LogP contribution < -0.4 is 5.32 Å². The Kier molecular flexibility index (Phi) is 6.32. The van der Waals surface area contributed by atoms with Crippen molar-refractivity contribution in [1.82, 2.24) is 5.32 Å². The van der Waals surface area contributed by atoms with E-state index in [1.807, 2.05) is 6.07 Å². The van der Waals surface area contributed by atoms with Crippen LogP contribution in [0, 0.1) is 5.82 Å². The summed E-state index contributed by atoms with van der Waals surface area (Å²) in [6.45, 7) is 2.78. The Morgan fingerprint density at radius 3 is 2.88 bits per heavy atom. The van der Waals surface area contributed by atoms with E-state index in [2.05, 4.69) is 28.2 Å². The van der Waals surface area contributed by atoms with Crippen LogP contribution >= 0.6 is 27.5 Å². The monoisotopic (exact) mass is 307 g/mol. The first-order chi connectivity index (χ1) is 7.69. The van der Waals surface area contributed by atoms with Gasteiger partial charge in [-0.2, -0.15) is 0 Å². The number of halogens is 3. The Morgan fingerprint density at radius 1 is 1.50 bits per heavy atom. The van der Waals surface area contributed by atoms with Crippen LogP contribution in [-0.2, 0) is 6.54 Å². The Bertz CT molecular complexity index is 333. The lowest BCUT2D eigenvalue weighted by Gasteiger charge is -2.16. The fourth-order valence-electron chi connectivity index (χ4n) is 1.52. The molecular formula is C12H16BrClFN. The predicted molar refractivity (Wildman–Crippen MR) is 70.4 cm³/mol. The van der Waals surface area contributed by atoms with Crippen LogP contribution in [0.4, 0.5) is 4.39 Å². The lowest BCUT2D eigenvalue weighted by molar-refractivity contribution is 0.484. The third-order valence-corrected chi connectivity index (χ3v) is 3.67. The molecule has 1 unspecified atom stereocenters. The molecule has 0 saturated carbocycles. The van der Waals surface area contributed by atoms with E-state index in [1.54, 1.807) is 6.07 Å². The molecule has 16 heavy (non-hydrogen) atoms. The number of nitrogens with one attached hydrogen (secondary N) is 1. The molecule has 0 spiro atoms. The van der Waals surface area contributed by atoms with E-state index >= 15 is 0 Å². The van der Waals surface area contributed by atoms with Crippen LogP contribution in [0.2, 0.25) is 0 Å². The van der Waals surface area contributed by atoms with Crippen molar-refractivity contribution in [3.05, 3.63) is 34.1 Å². The van der Waals surface area contributed by atoms with Crippen LogP contribution in [-0.4, -0.2) is 11.9 Å². The highest BCUT2D eigenvalue weighted by Gasteiger charge is 2.08. The van der Waals surface area contributed by atoms with Gasteiger partial charge in [-0.3, -0.25) is 0 Å². The zero-order valence-corrected chi connectivity index (χ0v) is 11.6. The molecule has 0 radical (unpaired) electrons. The smallest absolute Gasteiger partial charge is 0.137 e. The summed E-state index contributed by atoms with van der Waals surface area (Å²) in [5.74, 6) is 0.431. The lowest BCUT2D eigenvalue weighted by Crippen LogP contribution is -2.28. The van der Waals surface area contributed by atoms with Gasteiger partial charge in [-0.05, 0) is 40.4 Å². The van der Waals surface area contributed by atoms with Crippen molar-refractivity contribution in [2.75, 3.05) is 5.88 Å². The molecule has 0 aliphatic carbocycles. The zero-order valence-electron chi connectivity index (χ0n) is 9.27. The minimum absolute atomic E-state index is 0.218. The fraction of sp³-hybridized carbons (Fsp3) is 0.500. The maximum atomic E-state index is 13.2. The predicted octanol–water partition coefficient (Wildman–Crippen LogP) is 4.09. The second-order valence-electron chi connectivity index (χ2n) is 3.68. The van der Waals surface area contributed by atoms with E-state index in [9.17, 15) is 4.39 Å². The SMILES string of the molecule is CCC(CCCl)NCc1cccc(F)c1Br. The standard InChI is InChI=1S/C12H16BrClFN/c1-2-10(6-7-14)16-8-9-4-3-5-11(15)12(9)13/h3-5,10,16H,2,6-8H2,1H3. The molecule has 0 aromatic heterocycles. The van der Waals surface area contributed by atoms with Crippen molar-refractivity contribution >= 4 is 27.5 Å². The van der Waals surface area contributed by atoms with E-state index in [0.717, 1.165) is 18.4 Å². The van der Waals surface area contributed by atoms with Gasteiger partial charge in [-0.15, -0.1) is 11.6 Å². The molecule has 1 atom stereocenters. The molecule has 90 valence electrons. The van der Waals surface area contributed by atoms with Crippen LogP contribution in [0.25, 0.3) is 0 Å². The summed E-state index contributed by atoms with van der Waals surface area (Å²) in [4.78, 5) is 0. The van der Waals surface area contributed by atoms with E-state index in [-0.39, 0.29) is 5.82 Å². The van der Waals surface area contributed by atoms with Gasteiger partial charge in [0, 0.05) is 18.5 Å². The molecule has 1 rings (SSSR count). The summed E-state index contributed by atoms with van der Waals surface area (Å²) < 4.78 is 13.8. The van der Waals surface area contributed by atoms with Gasteiger partial charge < -0.3 is 5.32 Å². The number of rotatable bonds is 6. The Labute approximate surface area is 110 Å². The van der Waals surface area contributed by atoms with E-state index in [4.69, 9.17) is 11.6 Å². The summed E-state index contributed by atoms with van der Waals surface area (Å²) in [5.41, 5.74) is 0.938. The van der Waals surface area contributed by atoms with Gasteiger partial charge in [0.25, 0.3) is 0 Å². The largest absolute Gasteiger partial charge is 0.310 e. The van der Waals surface area contributed by atoms with Gasteiger partial charge >= 0.3 is 0 Å². The van der Waals surface area contributed by atoms with E-state index < -0.39 is 0 Å². The van der Waals surface area contributed by atoms with Crippen molar-refractivity contribution in [3.63, 3.8) is 0 Å². The average molecular weight is 309 g/mol. The highest BCUT2D eigenvalue weighted by atomic mass is 79.9. The molecule has 0 fully saturated rings.